The third-order valence-electron chi connectivity index (χ3n) is 4.75. The van der Waals surface area contributed by atoms with Crippen LogP contribution in [-0.2, 0) is 5.66 Å². The average molecular weight is 404 g/mol. The second kappa shape index (κ2) is 7.78. The number of alkyl halides is 2. The molecule has 0 saturated carbocycles. The zero-order valence-corrected chi connectivity index (χ0v) is 15.6. The van der Waals surface area contributed by atoms with Crippen molar-refractivity contribution in [1.29, 1.82) is 0 Å². The van der Waals surface area contributed by atoms with Crippen molar-refractivity contribution in [2.24, 2.45) is 4.99 Å². The van der Waals surface area contributed by atoms with Crippen LogP contribution in [0, 0.1) is 5.82 Å². The van der Waals surface area contributed by atoms with Crippen molar-refractivity contribution in [3.05, 3.63) is 59.2 Å². The van der Waals surface area contributed by atoms with Crippen molar-refractivity contribution < 1.29 is 17.9 Å². The fourth-order valence-corrected chi connectivity index (χ4v) is 3.40. The van der Waals surface area contributed by atoms with Crippen molar-refractivity contribution in [2.75, 3.05) is 13.2 Å². The van der Waals surface area contributed by atoms with Gasteiger partial charge in [0.15, 0.2) is 12.4 Å². The standard InChI is InChI=1S/C19H19F3N6O/c1-11-13-9-26-19(18-24-4-2-5-25-18,28-14(13)3-6-23-11)15-7-12(20)8-17(27-15)29-10-16(21)22/h2,4-5,7-9,11,16,23,28H,3,6,10H2,1H3. The Kier molecular flexibility index (Phi) is 5.18. The number of pyridine rings is 1. The molecule has 4 heterocycles. The van der Waals surface area contributed by atoms with Crippen molar-refractivity contribution in [3.8, 4) is 5.88 Å². The van der Waals surface area contributed by atoms with E-state index >= 15 is 0 Å². The molecule has 2 aliphatic heterocycles. The number of aliphatic imine (C=N–C) groups is 1. The molecular formula is C19H19F3N6O. The lowest BCUT2D eigenvalue weighted by atomic mass is 9.94. The lowest BCUT2D eigenvalue weighted by Gasteiger charge is -2.38. The molecule has 0 fully saturated rings. The molecule has 2 aliphatic rings. The van der Waals surface area contributed by atoms with E-state index in [-0.39, 0.29) is 23.4 Å². The topological polar surface area (TPSA) is 84.3 Å². The summed E-state index contributed by atoms with van der Waals surface area (Å²) in [4.78, 5) is 17.5. The molecule has 2 aromatic rings. The summed E-state index contributed by atoms with van der Waals surface area (Å²) in [5.41, 5.74) is 0.609. The summed E-state index contributed by atoms with van der Waals surface area (Å²) in [6.45, 7) is 1.89. The Morgan fingerprint density at radius 2 is 2.07 bits per heavy atom. The maximum absolute atomic E-state index is 14.3. The van der Waals surface area contributed by atoms with E-state index in [1.165, 1.54) is 6.07 Å². The third-order valence-corrected chi connectivity index (χ3v) is 4.75. The highest BCUT2D eigenvalue weighted by atomic mass is 19.3. The van der Waals surface area contributed by atoms with Gasteiger partial charge in [0, 0.05) is 61.0 Å². The number of hydrogen-bond donors (Lipinski definition) is 2. The van der Waals surface area contributed by atoms with Crippen LogP contribution in [-0.4, -0.2) is 46.8 Å². The van der Waals surface area contributed by atoms with Gasteiger partial charge < -0.3 is 15.4 Å². The van der Waals surface area contributed by atoms with Gasteiger partial charge in [-0.1, -0.05) is 0 Å². The number of aromatic nitrogens is 3. The van der Waals surface area contributed by atoms with E-state index in [0.717, 1.165) is 23.9 Å². The number of hydrogen-bond acceptors (Lipinski definition) is 7. The molecule has 10 heteroatoms. The first-order valence-electron chi connectivity index (χ1n) is 9.14. The second-order valence-corrected chi connectivity index (χ2v) is 6.74. The summed E-state index contributed by atoms with van der Waals surface area (Å²) in [5.74, 6) is -0.692. The summed E-state index contributed by atoms with van der Waals surface area (Å²) >= 11 is 0. The van der Waals surface area contributed by atoms with Gasteiger partial charge in [0.05, 0.1) is 0 Å². The van der Waals surface area contributed by atoms with Gasteiger partial charge in [-0.05, 0) is 13.0 Å². The molecule has 2 atom stereocenters. The van der Waals surface area contributed by atoms with E-state index in [0.29, 0.717) is 6.42 Å². The quantitative estimate of drug-likeness (QED) is 0.795. The molecular weight excluding hydrogens is 385 g/mol. The summed E-state index contributed by atoms with van der Waals surface area (Å²) in [6, 6.07) is 3.87. The smallest absolute Gasteiger partial charge is 0.272 e. The predicted molar refractivity (Wildman–Crippen MR) is 99.2 cm³/mol. The van der Waals surface area contributed by atoms with Gasteiger partial charge in [0.2, 0.25) is 11.5 Å². The zero-order valence-electron chi connectivity index (χ0n) is 15.6. The Bertz CT molecular complexity index is 952. The number of nitrogens with zero attached hydrogens (tertiary/aromatic N) is 4. The first-order chi connectivity index (χ1) is 14.0. The monoisotopic (exact) mass is 404 g/mol. The molecule has 4 rings (SSSR count). The summed E-state index contributed by atoms with van der Waals surface area (Å²) in [6.07, 6.45) is 2.79. The van der Waals surface area contributed by atoms with Crippen LogP contribution in [0.1, 0.15) is 24.9 Å². The minimum Gasteiger partial charge on any atom is -0.472 e. The maximum Gasteiger partial charge on any atom is 0.272 e. The fraction of sp³-hybridized carbons (Fsp3) is 0.368. The molecule has 0 amide bonds. The van der Waals surface area contributed by atoms with Crippen molar-refractivity contribution in [1.82, 2.24) is 25.6 Å². The molecule has 0 bridgehead atoms. The number of nitrogens with one attached hydrogen (secondary N) is 2. The van der Waals surface area contributed by atoms with Gasteiger partial charge >= 0.3 is 0 Å². The minimum absolute atomic E-state index is 0.0927. The molecule has 0 aliphatic carbocycles. The lowest BCUT2D eigenvalue weighted by Crippen LogP contribution is -2.50. The number of rotatable bonds is 5. The highest BCUT2D eigenvalue weighted by molar-refractivity contribution is 5.83. The molecule has 0 aromatic carbocycles. The van der Waals surface area contributed by atoms with E-state index in [1.54, 1.807) is 24.7 Å². The Hall–Kier alpha value is -3.01. The molecule has 152 valence electrons. The third kappa shape index (κ3) is 3.80. The molecule has 2 aromatic heterocycles. The van der Waals surface area contributed by atoms with E-state index in [9.17, 15) is 13.2 Å². The number of ether oxygens (including phenoxy) is 1. The highest BCUT2D eigenvalue weighted by Gasteiger charge is 2.42. The molecule has 2 unspecified atom stereocenters. The van der Waals surface area contributed by atoms with Crippen LogP contribution in [0.5, 0.6) is 5.88 Å². The van der Waals surface area contributed by atoms with E-state index < -0.39 is 24.5 Å². The molecule has 29 heavy (non-hydrogen) atoms. The second-order valence-electron chi connectivity index (χ2n) is 6.74. The molecule has 0 spiro atoms. The SMILES string of the molecule is CC1NCCC2=C1C=NC(c1cc(F)cc(OCC(F)F)n1)(c1ncccn1)N2. The molecule has 2 N–H and O–H groups in total. The van der Waals surface area contributed by atoms with Crippen LogP contribution in [0.3, 0.4) is 0 Å². The average Bonchev–Trinajstić information content (AvgIpc) is 2.72. The largest absolute Gasteiger partial charge is 0.472 e. The van der Waals surface area contributed by atoms with Crippen molar-refractivity contribution >= 4 is 6.21 Å². The van der Waals surface area contributed by atoms with Crippen LogP contribution in [0.4, 0.5) is 13.2 Å². The Morgan fingerprint density at radius 3 is 2.83 bits per heavy atom. The normalized spacial score (nSPS) is 23.7. The summed E-state index contributed by atoms with van der Waals surface area (Å²) < 4.78 is 44.3. The molecule has 0 saturated heterocycles. The Labute approximate surface area is 165 Å². The molecule has 0 radical (unpaired) electrons. The predicted octanol–water partition coefficient (Wildman–Crippen LogP) is 2.17. The highest BCUT2D eigenvalue weighted by Crippen LogP contribution is 2.35. The van der Waals surface area contributed by atoms with Crippen LogP contribution in [0.15, 0.2) is 46.9 Å². The van der Waals surface area contributed by atoms with E-state index in [2.05, 4.69) is 30.6 Å². The van der Waals surface area contributed by atoms with Gasteiger partial charge in [-0.2, -0.15) is 0 Å². The van der Waals surface area contributed by atoms with Crippen LogP contribution in [0.2, 0.25) is 0 Å². The Balaban J connectivity index is 1.81. The van der Waals surface area contributed by atoms with Gasteiger partial charge in [-0.15, -0.1) is 0 Å². The first-order valence-corrected chi connectivity index (χ1v) is 9.14. The lowest BCUT2D eigenvalue weighted by molar-refractivity contribution is 0.0791. The zero-order chi connectivity index (χ0) is 20.4. The minimum atomic E-state index is -2.70. The number of halogens is 3. The van der Waals surface area contributed by atoms with Crippen LogP contribution < -0.4 is 15.4 Å². The summed E-state index contributed by atoms with van der Waals surface area (Å²) in [5, 5.41) is 6.68. The maximum atomic E-state index is 14.3. The first kappa shape index (κ1) is 19.3. The van der Waals surface area contributed by atoms with Crippen LogP contribution in [0.25, 0.3) is 0 Å². The van der Waals surface area contributed by atoms with Crippen molar-refractivity contribution in [3.63, 3.8) is 0 Å². The van der Waals surface area contributed by atoms with Gasteiger partial charge in [-0.25, -0.2) is 28.1 Å². The van der Waals surface area contributed by atoms with Crippen molar-refractivity contribution in [2.45, 2.75) is 31.5 Å². The summed E-state index contributed by atoms with van der Waals surface area (Å²) in [7, 11) is 0. The van der Waals surface area contributed by atoms with Crippen LogP contribution >= 0.6 is 0 Å². The van der Waals surface area contributed by atoms with Gasteiger partial charge in [-0.3, -0.25) is 4.99 Å². The molecule has 7 nitrogen and oxygen atoms in total. The fourth-order valence-electron chi connectivity index (χ4n) is 3.40. The Morgan fingerprint density at radius 1 is 1.28 bits per heavy atom. The van der Waals surface area contributed by atoms with Gasteiger partial charge in [0.1, 0.15) is 11.5 Å². The van der Waals surface area contributed by atoms with E-state index in [1.807, 2.05) is 6.92 Å². The van der Waals surface area contributed by atoms with Gasteiger partial charge in [0.25, 0.3) is 6.43 Å². The van der Waals surface area contributed by atoms with E-state index in [4.69, 9.17) is 4.74 Å².